The average Bonchev–Trinajstić information content (AvgIpc) is 2.95. The van der Waals surface area contributed by atoms with Gasteiger partial charge in [-0.15, -0.1) is 11.3 Å². The Morgan fingerprint density at radius 3 is 2.86 bits per heavy atom. The van der Waals surface area contributed by atoms with Crippen molar-refractivity contribution in [1.82, 2.24) is 9.55 Å². The van der Waals surface area contributed by atoms with Crippen LogP contribution < -0.4 is 10.9 Å². The minimum Gasteiger partial charge on any atom is -0.362 e. The van der Waals surface area contributed by atoms with Crippen molar-refractivity contribution in [2.75, 3.05) is 11.9 Å². The van der Waals surface area contributed by atoms with Crippen molar-refractivity contribution in [2.45, 2.75) is 46.1 Å². The fraction of sp³-hybridized carbons (Fsp3) is 0.500. The van der Waals surface area contributed by atoms with Gasteiger partial charge in [-0.2, -0.15) is 0 Å². The van der Waals surface area contributed by atoms with Gasteiger partial charge in [-0.05, 0) is 25.0 Å². The zero-order valence-corrected chi connectivity index (χ0v) is 13.6. The van der Waals surface area contributed by atoms with Crippen LogP contribution in [-0.2, 0) is 6.54 Å². The summed E-state index contributed by atoms with van der Waals surface area (Å²) in [5, 5.41) is 6.15. The van der Waals surface area contributed by atoms with Gasteiger partial charge in [-0.3, -0.25) is 4.79 Å². The third-order valence-electron chi connectivity index (χ3n) is 3.36. The second kappa shape index (κ2) is 7.98. The van der Waals surface area contributed by atoms with Crippen molar-refractivity contribution in [1.29, 1.82) is 0 Å². The molecule has 2 heterocycles. The van der Waals surface area contributed by atoms with Crippen LogP contribution in [0.2, 0.25) is 0 Å². The van der Waals surface area contributed by atoms with Gasteiger partial charge in [-0.25, -0.2) is 4.98 Å². The molecule has 0 aliphatic carbocycles. The fourth-order valence-electron chi connectivity index (χ4n) is 2.09. The van der Waals surface area contributed by atoms with Crippen LogP contribution in [0.15, 0.2) is 28.5 Å². The van der Waals surface area contributed by atoms with Gasteiger partial charge >= 0.3 is 0 Å². The summed E-state index contributed by atoms with van der Waals surface area (Å²) in [5.41, 5.74) is 1.51. The lowest BCUT2D eigenvalue weighted by molar-refractivity contribution is 0.614. The molecule has 0 fully saturated rings. The molecule has 0 bridgehead atoms. The SMILES string of the molecule is CCCCNc1nc(-c2cccn(CCCC)c2=O)cs1. The van der Waals surface area contributed by atoms with Crippen molar-refractivity contribution >= 4 is 16.5 Å². The molecule has 0 aliphatic rings. The number of aromatic nitrogens is 2. The molecule has 0 radical (unpaired) electrons. The number of hydrogen-bond donors (Lipinski definition) is 1. The molecule has 2 aromatic heterocycles. The topological polar surface area (TPSA) is 46.9 Å². The lowest BCUT2D eigenvalue weighted by Gasteiger charge is -2.06. The average molecular weight is 305 g/mol. The van der Waals surface area contributed by atoms with E-state index in [0.717, 1.165) is 49.6 Å². The van der Waals surface area contributed by atoms with Crippen LogP contribution in [-0.4, -0.2) is 16.1 Å². The van der Waals surface area contributed by atoms with Crippen LogP contribution in [0.1, 0.15) is 39.5 Å². The number of thiazole rings is 1. The maximum Gasteiger partial charge on any atom is 0.260 e. The lowest BCUT2D eigenvalue weighted by atomic mass is 10.2. The molecule has 0 aromatic carbocycles. The molecule has 0 amide bonds. The Balaban J connectivity index is 2.16. The lowest BCUT2D eigenvalue weighted by Crippen LogP contribution is -2.20. The van der Waals surface area contributed by atoms with Gasteiger partial charge in [0.2, 0.25) is 0 Å². The van der Waals surface area contributed by atoms with E-state index in [2.05, 4.69) is 24.1 Å². The predicted octanol–water partition coefficient (Wildman–Crippen LogP) is 3.98. The van der Waals surface area contributed by atoms with E-state index in [4.69, 9.17) is 0 Å². The Morgan fingerprint density at radius 2 is 2.10 bits per heavy atom. The Morgan fingerprint density at radius 1 is 1.29 bits per heavy atom. The zero-order valence-electron chi connectivity index (χ0n) is 12.8. The summed E-state index contributed by atoms with van der Waals surface area (Å²) in [6, 6.07) is 3.78. The second-order valence-electron chi connectivity index (χ2n) is 5.09. The third kappa shape index (κ3) is 4.17. The van der Waals surface area contributed by atoms with Gasteiger partial charge in [0.1, 0.15) is 0 Å². The van der Waals surface area contributed by atoms with Gasteiger partial charge in [0.25, 0.3) is 5.56 Å². The molecule has 2 aromatic rings. The summed E-state index contributed by atoms with van der Waals surface area (Å²) in [4.78, 5) is 17.0. The molecular formula is C16H23N3OS. The monoisotopic (exact) mass is 305 g/mol. The molecule has 0 unspecified atom stereocenters. The number of unbranched alkanes of at least 4 members (excludes halogenated alkanes) is 2. The van der Waals surface area contributed by atoms with E-state index in [1.807, 2.05) is 23.7 Å². The van der Waals surface area contributed by atoms with Gasteiger partial charge < -0.3 is 9.88 Å². The first-order valence-corrected chi connectivity index (χ1v) is 8.53. The second-order valence-corrected chi connectivity index (χ2v) is 5.95. The van der Waals surface area contributed by atoms with Crippen molar-refractivity contribution in [3.63, 3.8) is 0 Å². The molecule has 0 saturated heterocycles. The zero-order chi connectivity index (χ0) is 15.1. The Hall–Kier alpha value is -1.62. The summed E-state index contributed by atoms with van der Waals surface area (Å²) < 4.78 is 1.78. The molecule has 0 aliphatic heterocycles. The van der Waals surface area contributed by atoms with E-state index < -0.39 is 0 Å². The van der Waals surface area contributed by atoms with E-state index in [9.17, 15) is 4.79 Å². The Bertz CT molecular complexity index is 618. The summed E-state index contributed by atoms with van der Waals surface area (Å²) in [6.45, 7) is 6.00. The highest BCUT2D eigenvalue weighted by molar-refractivity contribution is 7.14. The van der Waals surface area contributed by atoms with E-state index >= 15 is 0 Å². The van der Waals surface area contributed by atoms with Crippen LogP contribution in [0, 0.1) is 0 Å². The molecule has 1 N–H and O–H groups in total. The first kappa shape index (κ1) is 15.8. The minimum atomic E-state index is 0.0522. The van der Waals surface area contributed by atoms with Crippen LogP contribution in [0.25, 0.3) is 11.3 Å². The summed E-state index contributed by atoms with van der Waals surface area (Å²) in [6.07, 6.45) is 6.24. The molecular weight excluding hydrogens is 282 g/mol. The fourth-order valence-corrected chi connectivity index (χ4v) is 2.83. The molecule has 114 valence electrons. The van der Waals surface area contributed by atoms with Gasteiger partial charge in [0.15, 0.2) is 5.13 Å². The Kier molecular flexibility index (Phi) is 5.99. The van der Waals surface area contributed by atoms with E-state index in [1.165, 1.54) is 0 Å². The number of rotatable bonds is 8. The predicted molar refractivity (Wildman–Crippen MR) is 90.1 cm³/mol. The highest BCUT2D eigenvalue weighted by atomic mass is 32.1. The quantitative estimate of drug-likeness (QED) is 0.750. The molecule has 5 heteroatoms. The molecule has 0 saturated carbocycles. The number of hydrogen-bond acceptors (Lipinski definition) is 4. The van der Waals surface area contributed by atoms with E-state index in [0.29, 0.717) is 5.56 Å². The first-order valence-electron chi connectivity index (χ1n) is 7.65. The van der Waals surface area contributed by atoms with Gasteiger partial charge in [-0.1, -0.05) is 26.7 Å². The number of pyridine rings is 1. The standard InChI is InChI=1S/C16H23N3OS/c1-3-5-9-17-16-18-14(12-21-16)13-8-7-11-19(15(13)20)10-6-4-2/h7-8,11-12H,3-6,9-10H2,1-2H3,(H,17,18). The number of aryl methyl sites for hydroxylation is 1. The van der Waals surface area contributed by atoms with Gasteiger partial charge in [0.05, 0.1) is 11.3 Å². The largest absolute Gasteiger partial charge is 0.362 e. The molecule has 21 heavy (non-hydrogen) atoms. The number of anilines is 1. The number of nitrogens with zero attached hydrogens (tertiary/aromatic N) is 2. The highest BCUT2D eigenvalue weighted by Crippen LogP contribution is 2.22. The first-order chi connectivity index (χ1) is 10.3. The summed E-state index contributed by atoms with van der Waals surface area (Å²) in [5.74, 6) is 0. The maximum atomic E-state index is 12.5. The van der Waals surface area contributed by atoms with Crippen LogP contribution >= 0.6 is 11.3 Å². The maximum absolute atomic E-state index is 12.5. The third-order valence-corrected chi connectivity index (χ3v) is 4.16. The van der Waals surface area contributed by atoms with Crippen LogP contribution in [0.5, 0.6) is 0 Å². The molecule has 4 nitrogen and oxygen atoms in total. The van der Waals surface area contributed by atoms with Crippen LogP contribution in [0.4, 0.5) is 5.13 Å². The van der Waals surface area contributed by atoms with Gasteiger partial charge in [0, 0.05) is 24.7 Å². The number of nitrogens with one attached hydrogen (secondary N) is 1. The highest BCUT2D eigenvalue weighted by Gasteiger charge is 2.09. The van der Waals surface area contributed by atoms with Crippen LogP contribution in [0.3, 0.4) is 0 Å². The van der Waals surface area contributed by atoms with Crippen molar-refractivity contribution in [2.24, 2.45) is 0 Å². The normalized spacial score (nSPS) is 10.8. The molecule has 0 atom stereocenters. The van der Waals surface area contributed by atoms with Crippen molar-refractivity contribution in [3.8, 4) is 11.3 Å². The summed E-state index contributed by atoms with van der Waals surface area (Å²) in [7, 11) is 0. The van der Waals surface area contributed by atoms with E-state index in [1.54, 1.807) is 15.9 Å². The smallest absolute Gasteiger partial charge is 0.260 e. The summed E-state index contributed by atoms with van der Waals surface area (Å²) >= 11 is 1.56. The van der Waals surface area contributed by atoms with Crippen molar-refractivity contribution in [3.05, 3.63) is 34.1 Å². The Labute approximate surface area is 129 Å². The minimum absolute atomic E-state index is 0.0522. The van der Waals surface area contributed by atoms with Crippen molar-refractivity contribution < 1.29 is 0 Å². The molecule has 0 spiro atoms. The van der Waals surface area contributed by atoms with E-state index in [-0.39, 0.29) is 5.56 Å². The molecule has 2 rings (SSSR count).